The molecule has 0 bridgehead atoms. The Hall–Kier alpha value is -1.88. The SMILES string of the molecule is C/C=C/C=C/C(=O)N(C)c1ccc(S(C)(=O)=O)cc1. The van der Waals surface area contributed by atoms with Gasteiger partial charge in [-0.25, -0.2) is 8.42 Å². The summed E-state index contributed by atoms with van der Waals surface area (Å²) >= 11 is 0. The van der Waals surface area contributed by atoms with Crippen molar-refractivity contribution in [2.45, 2.75) is 11.8 Å². The molecule has 0 aliphatic rings. The number of amides is 1. The van der Waals surface area contributed by atoms with Crippen LogP contribution in [0.4, 0.5) is 5.69 Å². The lowest BCUT2D eigenvalue weighted by atomic mass is 10.3. The smallest absolute Gasteiger partial charge is 0.250 e. The van der Waals surface area contributed by atoms with Crippen LogP contribution in [0.25, 0.3) is 0 Å². The van der Waals surface area contributed by atoms with Crippen molar-refractivity contribution in [3.63, 3.8) is 0 Å². The van der Waals surface area contributed by atoms with Crippen molar-refractivity contribution < 1.29 is 13.2 Å². The summed E-state index contributed by atoms with van der Waals surface area (Å²) < 4.78 is 22.6. The van der Waals surface area contributed by atoms with Crippen LogP contribution >= 0.6 is 0 Å². The standard InChI is InChI=1S/C14H17NO3S/c1-4-5-6-7-14(16)15(2)12-8-10-13(11-9-12)19(3,17)18/h4-11H,1-3H3/b5-4+,7-6+. The van der Waals surface area contributed by atoms with Crippen molar-refractivity contribution in [2.24, 2.45) is 0 Å². The van der Waals surface area contributed by atoms with E-state index in [9.17, 15) is 13.2 Å². The van der Waals surface area contributed by atoms with E-state index in [4.69, 9.17) is 0 Å². The molecule has 19 heavy (non-hydrogen) atoms. The molecule has 0 saturated carbocycles. The summed E-state index contributed by atoms with van der Waals surface area (Å²) in [5, 5.41) is 0. The van der Waals surface area contributed by atoms with E-state index in [1.54, 1.807) is 31.3 Å². The summed E-state index contributed by atoms with van der Waals surface area (Å²) in [7, 11) is -1.57. The monoisotopic (exact) mass is 279 g/mol. The van der Waals surface area contributed by atoms with Gasteiger partial charge in [-0.15, -0.1) is 0 Å². The van der Waals surface area contributed by atoms with Crippen LogP contribution in [0.3, 0.4) is 0 Å². The predicted octanol–water partition coefficient (Wildman–Crippen LogP) is 2.19. The highest BCUT2D eigenvalue weighted by Gasteiger charge is 2.10. The van der Waals surface area contributed by atoms with Crippen molar-refractivity contribution in [3.8, 4) is 0 Å². The lowest BCUT2D eigenvalue weighted by Crippen LogP contribution is -2.23. The molecule has 0 radical (unpaired) electrons. The first-order chi connectivity index (χ1) is 8.86. The molecular weight excluding hydrogens is 262 g/mol. The van der Waals surface area contributed by atoms with Crippen molar-refractivity contribution in [1.82, 2.24) is 0 Å². The Bertz CT molecular complexity index is 598. The molecule has 0 N–H and O–H groups in total. The van der Waals surface area contributed by atoms with Crippen LogP contribution in [0.2, 0.25) is 0 Å². The number of hydrogen-bond donors (Lipinski definition) is 0. The number of carbonyl (C=O) groups is 1. The van der Waals surface area contributed by atoms with Crippen molar-refractivity contribution in [3.05, 3.63) is 48.6 Å². The topological polar surface area (TPSA) is 54.5 Å². The minimum atomic E-state index is -3.21. The number of hydrogen-bond acceptors (Lipinski definition) is 3. The third kappa shape index (κ3) is 4.37. The number of rotatable bonds is 4. The normalized spacial score (nSPS) is 12.2. The molecular formula is C14H17NO3S. The molecule has 0 aromatic heterocycles. The van der Waals surface area contributed by atoms with Crippen LogP contribution in [-0.2, 0) is 14.6 Å². The van der Waals surface area contributed by atoms with E-state index >= 15 is 0 Å². The number of sulfone groups is 1. The molecule has 0 heterocycles. The highest BCUT2D eigenvalue weighted by atomic mass is 32.2. The van der Waals surface area contributed by atoms with Gasteiger partial charge in [0.25, 0.3) is 5.91 Å². The lowest BCUT2D eigenvalue weighted by molar-refractivity contribution is -0.113. The number of anilines is 1. The molecule has 1 aromatic rings. The summed E-state index contributed by atoms with van der Waals surface area (Å²) in [6, 6.07) is 6.20. The van der Waals surface area contributed by atoms with E-state index in [-0.39, 0.29) is 10.8 Å². The number of benzene rings is 1. The van der Waals surface area contributed by atoms with Crippen molar-refractivity contribution >= 4 is 21.4 Å². The number of nitrogens with zero attached hydrogens (tertiary/aromatic N) is 1. The van der Waals surface area contributed by atoms with Crippen LogP contribution in [0.5, 0.6) is 0 Å². The second-order valence-corrected chi connectivity index (χ2v) is 6.06. The molecule has 0 aliphatic heterocycles. The van der Waals surface area contributed by atoms with Gasteiger partial charge in [0.15, 0.2) is 9.84 Å². The molecule has 4 nitrogen and oxygen atoms in total. The summed E-state index contributed by atoms with van der Waals surface area (Å²) in [4.78, 5) is 13.5. The van der Waals surface area contributed by atoms with E-state index in [0.717, 1.165) is 6.26 Å². The number of carbonyl (C=O) groups excluding carboxylic acids is 1. The first-order valence-corrected chi connectivity index (χ1v) is 7.62. The molecule has 1 aromatic carbocycles. The second-order valence-electron chi connectivity index (χ2n) is 4.05. The summed E-state index contributed by atoms with van der Waals surface area (Å²) in [5.74, 6) is -0.176. The molecule has 0 fully saturated rings. The Labute approximate surface area is 114 Å². The van der Waals surface area contributed by atoms with Crippen LogP contribution in [0.15, 0.2) is 53.5 Å². The first-order valence-electron chi connectivity index (χ1n) is 5.73. The Morgan fingerprint density at radius 1 is 1.16 bits per heavy atom. The Kier molecular flexibility index (Phi) is 5.06. The van der Waals surface area contributed by atoms with Gasteiger partial charge in [-0.3, -0.25) is 4.79 Å². The van der Waals surface area contributed by atoms with Gasteiger partial charge in [0.2, 0.25) is 0 Å². The second kappa shape index (κ2) is 6.33. The van der Waals surface area contributed by atoms with Gasteiger partial charge in [-0.05, 0) is 31.2 Å². The van der Waals surface area contributed by atoms with E-state index in [1.165, 1.54) is 23.1 Å². The molecule has 0 unspecified atom stereocenters. The summed E-state index contributed by atoms with van der Waals surface area (Å²) in [6.45, 7) is 1.86. The van der Waals surface area contributed by atoms with E-state index in [1.807, 2.05) is 13.0 Å². The van der Waals surface area contributed by atoms with E-state index in [0.29, 0.717) is 5.69 Å². The molecule has 5 heteroatoms. The third-order valence-corrected chi connectivity index (χ3v) is 3.65. The third-order valence-electron chi connectivity index (χ3n) is 2.53. The maximum Gasteiger partial charge on any atom is 0.250 e. The zero-order valence-electron chi connectivity index (χ0n) is 11.2. The minimum Gasteiger partial charge on any atom is -0.312 e. The first kappa shape index (κ1) is 15.2. The van der Waals surface area contributed by atoms with Gasteiger partial charge in [0.05, 0.1) is 4.90 Å². The predicted molar refractivity (Wildman–Crippen MR) is 76.9 cm³/mol. The Morgan fingerprint density at radius 3 is 2.21 bits per heavy atom. The van der Waals surface area contributed by atoms with Crippen molar-refractivity contribution in [1.29, 1.82) is 0 Å². The Balaban J connectivity index is 2.89. The molecule has 0 aliphatic carbocycles. The molecule has 1 amide bonds. The van der Waals surface area contributed by atoms with Crippen LogP contribution < -0.4 is 4.90 Å². The largest absolute Gasteiger partial charge is 0.312 e. The van der Waals surface area contributed by atoms with Gasteiger partial charge < -0.3 is 4.90 Å². The molecule has 102 valence electrons. The summed E-state index contributed by atoms with van der Waals surface area (Å²) in [5.41, 5.74) is 0.641. The highest BCUT2D eigenvalue weighted by molar-refractivity contribution is 7.90. The lowest BCUT2D eigenvalue weighted by Gasteiger charge is -2.15. The zero-order valence-corrected chi connectivity index (χ0v) is 12.0. The molecule has 0 spiro atoms. The maximum atomic E-state index is 11.8. The maximum absolute atomic E-state index is 11.8. The number of allylic oxidation sites excluding steroid dienone is 3. The molecule has 1 rings (SSSR count). The fourth-order valence-corrected chi connectivity index (χ4v) is 2.04. The van der Waals surface area contributed by atoms with Gasteiger partial charge in [-0.2, -0.15) is 0 Å². The fraction of sp³-hybridized carbons (Fsp3) is 0.214. The van der Waals surface area contributed by atoms with Crippen molar-refractivity contribution in [2.75, 3.05) is 18.2 Å². The van der Waals surface area contributed by atoms with Gasteiger partial charge >= 0.3 is 0 Å². The van der Waals surface area contributed by atoms with E-state index < -0.39 is 9.84 Å². The van der Waals surface area contributed by atoms with Crippen LogP contribution in [-0.4, -0.2) is 27.6 Å². The highest BCUT2D eigenvalue weighted by Crippen LogP contribution is 2.17. The average Bonchev–Trinajstić information content (AvgIpc) is 2.37. The minimum absolute atomic E-state index is 0.176. The quantitative estimate of drug-likeness (QED) is 0.627. The van der Waals surface area contributed by atoms with Crippen LogP contribution in [0, 0.1) is 0 Å². The number of likely N-dealkylation sites (N-methyl/N-ethyl adjacent to an activating group) is 1. The Morgan fingerprint density at radius 2 is 1.74 bits per heavy atom. The molecule has 0 saturated heterocycles. The fourth-order valence-electron chi connectivity index (χ4n) is 1.40. The van der Waals surface area contributed by atoms with Crippen LogP contribution in [0.1, 0.15) is 6.92 Å². The van der Waals surface area contributed by atoms with E-state index in [2.05, 4.69) is 0 Å². The van der Waals surface area contributed by atoms with Gasteiger partial charge in [0, 0.05) is 25.1 Å². The zero-order chi connectivity index (χ0) is 14.5. The van der Waals surface area contributed by atoms with Gasteiger partial charge in [0.1, 0.15) is 0 Å². The summed E-state index contributed by atoms with van der Waals surface area (Å²) in [6.07, 6.45) is 7.84. The van der Waals surface area contributed by atoms with Gasteiger partial charge in [-0.1, -0.05) is 18.2 Å². The average molecular weight is 279 g/mol. The molecule has 0 atom stereocenters.